The van der Waals surface area contributed by atoms with Gasteiger partial charge in [0.15, 0.2) is 0 Å². The largest absolute Gasteiger partial charge is 0.374 e. The van der Waals surface area contributed by atoms with Crippen LogP contribution in [-0.4, -0.2) is 66.4 Å². The summed E-state index contributed by atoms with van der Waals surface area (Å²) in [5, 5.41) is 2.91. The predicted molar refractivity (Wildman–Crippen MR) is 111 cm³/mol. The quantitative estimate of drug-likeness (QED) is 0.687. The number of amides is 3. The van der Waals surface area contributed by atoms with E-state index in [0.717, 1.165) is 45.3 Å². The molecule has 1 aromatic carbocycles. The molecule has 3 aliphatic rings. The summed E-state index contributed by atoms with van der Waals surface area (Å²) in [6, 6.07) is 10.3. The van der Waals surface area contributed by atoms with Gasteiger partial charge >= 0.3 is 0 Å². The van der Waals surface area contributed by atoms with Crippen molar-refractivity contribution in [1.29, 1.82) is 0 Å². The Balaban J connectivity index is 1.19. The molecule has 3 fully saturated rings. The molecule has 1 aliphatic carbocycles. The number of likely N-dealkylation sites (tertiary alicyclic amines) is 1. The highest BCUT2D eigenvalue weighted by molar-refractivity contribution is 6.05. The third kappa shape index (κ3) is 4.90. The second-order valence-corrected chi connectivity index (χ2v) is 8.59. The molecule has 0 aromatic heterocycles. The fourth-order valence-corrected chi connectivity index (χ4v) is 4.87. The lowest BCUT2D eigenvalue weighted by Crippen LogP contribution is -2.47. The lowest BCUT2D eigenvalue weighted by Gasteiger charge is -2.33. The van der Waals surface area contributed by atoms with Gasteiger partial charge < -0.3 is 10.1 Å². The van der Waals surface area contributed by atoms with Crippen molar-refractivity contribution >= 4 is 17.7 Å². The molecular weight excluding hydrogens is 382 g/mol. The van der Waals surface area contributed by atoms with E-state index in [2.05, 4.69) is 22.3 Å². The minimum atomic E-state index is -0.152. The van der Waals surface area contributed by atoms with Gasteiger partial charge in [0.2, 0.25) is 17.7 Å². The third-order valence-corrected chi connectivity index (χ3v) is 6.49. The van der Waals surface area contributed by atoms with Crippen molar-refractivity contribution < 1.29 is 19.1 Å². The summed E-state index contributed by atoms with van der Waals surface area (Å²) in [4.78, 5) is 41.0. The summed E-state index contributed by atoms with van der Waals surface area (Å²) >= 11 is 0. The maximum absolute atomic E-state index is 12.5. The number of rotatable bonds is 7. The molecule has 0 bridgehead atoms. The fourth-order valence-electron chi connectivity index (χ4n) is 4.87. The molecule has 0 spiro atoms. The first-order valence-corrected chi connectivity index (χ1v) is 11.1. The Morgan fingerprint density at radius 3 is 2.47 bits per heavy atom. The van der Waals surface area contributed by atoms with Gasteiger partial charge in [0.1, 0.15) is 0 Å². The van der Waals surface area contributed by atoms with E-state index in [1.165, 1.54) is 10.5 Å². The average Bonchev–Trinajstić information content (AvgIpc) is 3.02. The summed E-state index contributed by atoms with van der Waals surface area (Å²) in [5.41, 5.74) is 1.27. The molecule has 1 aromatic rings. The van der Waals surface area contributed by atoms with Crippen LogP contribution in [0.1, 0.15) is 37.7 Å². The van der Waals surface area contributed by atoms with Gasteiger partial charge in [0, 0.05) is 39.1 Å². The Labute approximate surface area is 177 Å². The van der Waals surface area contributed by atoms with Crippen molar-refractivity contribution in [3.8, 4) is 0 Å². The molecule has 2 aliphatic heterocycles. The van der Waals surface area contributed by atoms with E-state index in [1.54, 1.807) is 0 Å². The third-order valence-electron chi connectivity index (χ3n) is 6.49. The lowest BCUT2D eigenvalue weighted by molar-refractivity contribution is -0.140. The topological polar surface area (TPSA) is 79.0 Å². The van der Waals surface area contributed by atoms with Gasteiger partial charge in [-0.2, -0.15) is 0 Å². The zero-order valence-corrected chi connectivity index (χ0v) is 17.4. The van der Waals surface area contributed by atoms with Crippen molar-refractivity contribution in [2.45, 2.75) is 44.8 Å². The first-order valence-electron chi connectivity index (χ1n) is 11.1. The van der Waals surface area contributed by atoms with Crippen molar-refractivity contribution in [3.63, 3.8) is 0 Å². The van der Waals surface area contributed by atoms with Crippen molar-refractivity contribution in [2.24, 2.45) is 11.8 Å². The van der Waals surface area contributed by atoms with E-state index < -0.39 is 0 Å². The summed E-state index contributed by atoms with van der Waals surface area (Å²) in [7, 11) is 0. The minimum Gasteiger partial charge on any atom is -0.374 e. The van der Waals surface area contributed by atoms with Gasteiger partial charge in [-0.05, 0) is 18.4 Å². The number of imide groups is 1. The molecule has 4 rings (SSSR count). The normalized spacial score (nSPS) is 27.2. The first kappa shape index (κ1) is 21.0. The highest BCUT2D eigenvalue weighted by Crippen LogP contribution is 2.37. The van der Waals surface area contributed by atoms with Gasteiger partial charge in [-0.1, -0.05) is 43.2 Å². The van der Waals surface area contributed by atoms with Gasteiger partial charge in [-0.25, -0.2) is 0 Å². The molecule has 3 amide bonds. The van der Waals surface area contributed by atoms with Crippen LogP contribution in [0.3, 0.4) is 0 Å². The van der Waals surface area contributed by atoms with Crippen molar-refractivity contribution in [1.82, 2.24) is 15.1 Å². The number of hydrogen-bond donors (Lipinski definition) is 1. The van der Waals surface area contributed by atoms with Crippen molar-refractivity contribution in [2.75, 3.05) is 32.8 Å². The molecule has 2 saturated heterocycles. The number of nitrogens with one attached hydrogen (secondary N) is 1. The Bertz CT molecular complexity index is 745. The van der Waals surface area contributed by atoms with Crippen LogP contribution in [0.2, 0.25) is 0 Å². The van der Waals surface area contributed by atoms with E-state index in [4.69, 9.17) is 4.74 Å². The molecule has 7 heteroatoms. The monoisotopic (exact) mass is 413 g/mol. The summed E-state index contributed by atoms with van der Waals surface area (Å²) in [6.45, 7) is 3.78. The maximum atomic E-state index is 12.5. The number of morpholine rings is 1. The van der Waals surface area contributed by atoms with Crippen LogP contribution in [0.25, 0.3) is 0 Å². The zero-order valence-electron chi connectivity index (χ0n) is 17.4. The van der Waals surface area contributed by atoms with E-state index in [1.807, 2.05) is 18.2 Å². The smallest absolute Gasteiger partial charge is 0.233 e. The summed E-state index contributed by atoms with van der Waals surface area (Å²) in [5.74, 6) is -0.607. The number of hydrogen-bond acceptors (Lipinski definition) is 5. The van der Waals surface area contributed by atoms with E-state index in [0.29, 0.717) is 13.2 Å². The van der Waals surface area contributed by atoms with Crippen LogP contribution in [0.4, 0.5) is 0 Å². The van der Waals surface area contributed by atoms with Crippen molar-refractivity contribution in [3.05, 3.63) is 35.9 Å². The molecule has 1 N–H and O–H groups in total. The molecule has 1 saturated carbocycles. The van der Waals surface area contributed by atoms with E-state index >= 15 is 0 Å². The maximum Gasteiger partial charge on any atom is 0.233 e. The number of ether oxygens (including phenoxy) is 1. The summed E-state index contributed by atoms with van der Waals surface area (Å²) < 4.78 is 5.80. The standard InChI is InChI=1S/C23H31N3O4/c27-21(10-11-26-22(28)19-8-4-5-9-20(19)23(26)29)24-14-18-16-25(12-13-30-18)15-17-6-2-1-3-7-17/h1-3,6-7,18-20H,4-5,8-16H2,(H,24,27)/t18-,19-,20+/m1/s1. The van der Waals surface area contributed by atoms with Crippen LogP contribution in [-0.2, 0) is 25.7 Å². The number of carbonyl (C=O) groups is 3. The Kier molecular flexibility index (Phi) is 6.79. The average molecular weight is 414 g/mol. The van der Waals surface area contributed by atoms with Crippen LogP contribution in [0.5, 0.6) is 0 Å². The number of carbonyl (C=O) groups excluding carboxylic acids is 3. The van der Waals surface area contributed by atoms with Gasteiger partial charge in [0.05, 0.1) is 24.5 Å². The zero-order chi connectivity index (χ0) is 20.9. The summed E-state index contributed by atoms with van der Waals surface area (Å²) in [6.07, 6.45) is 3.72. The molecular formula is C23H31N3O4. The molecule has 0 radical (unpaired) electrons. The fraction of sp³-hybridized carbons (Fsp3) is 0.609. The molecule has 7 nitrogen and oxygen atoms in total. The SMILES string of the molecule is O=C(CCN1C(=O)[C@H]2CCCC[C@H]2C1=O)NC[C@@H]1CN(Cc2ccccc2)CCO1. The first-order chi connectivity index (χ1) is 14.6. The number of fused-ring (bicyclic) bond motifs is 1. The lowest BCUT2D eigenvalue weighted by atomic mass is 9.81. The Morgan fingerprint density at radius 1 is 1.07 bits per heavy atom. The van der Waals surface area contributed by atoms with Crippen LogP contribution < -0.4 is 5.32 Å². The molecule has 30 heavy (non-hydrogen) atoms. The van der Waals surface area contributed by atoms with Crippen LogP contribution >= 0.6 is 0 Å². The van der Waals surface area contributed by atoms with Crippen LogP contribution in [0.15, 0.2) is 30.3 Å². The van der Waals surface area contributed by atoms with E-state index in [9.17, 15) is 14.4 Å². The van der Waals surface area contributed by atoms with Gasteiger partial charge in [-0.3, -0.25) is 24.2 Å². The molecule has 3 atom stereocenters. The highest BCUT2D eigenvalue weighted by Gasteiger charge is 2.47. The van der Waals surface area contributed by atoms with Gasteiger partial charge in [-0.15, -0.1) is 0 Å². The molecule has 2 heterocycles. The number of benzene rings is 1. The van der Waals surface area contributed by atoms with E-state index in [-0.39, 0.29) is 48.6 Å². The second kappa shape index (κ2) is 9.71. The number of nitrogens with zero attached hydrogens (tertiary/aromatic N) is 2. The van der Waals surface area contributed by atoms with Crippen LogP contribution in [0, 0.1) is 11.8 Å². The molecule has 162 valence electrons. The second-order valence-electron chi connectivity index (χ2n) is 8.59. The van der Waals surface area contributed by atoms with Gasteiger partial charge in [0.25, 0.3) is 0 Å². The predicted octanol–water partition coefficient (Wildman–Crippen LogP) is 1.57. The molecule has 0 unspecified atom stereocenters. The Hall–Kier alpha value is -2.25. The Morgan fingerprint density at radius 2 is 1.77 bits per heavy atom. The highest BCUT2D eigenvalue weighted by atomic mass is 16.5. The minimum absolute atomic E-state index is 0.0515.